The van der Waals surface area contributed by atoms with Crippen LogP contribution in [0.1, 0.15) is 5.89 Å². The molecule has 0 spiro atoms. The van der Waals surface area contributed by atoms with Crippen LogP contribution in [0.2, 0.25) is 0 Å². The van der Waals surface area contributed by atoms with Crippen LogP contribution in [0.15, 0.2) is 29.0 Å². The van der Waals surface area contributed by atoms with E-state index in [0.717, 1.165) is 5.56 Å². The van der Waals surface area contributed by atoms with Gasteiger partial charge in [-0.1, -0.05) is 5.16 Å². The lowest BCUT2D eigenvalue weighted by Gasteiger charge is -1.89. The van der Waals surface area contributed by atoms with Crippen LogP contribution in [0.4, 0.5) is 0 Å². The van der Waals surface area contributed by atoms with Crippen molar-refractivity contribution in [1.29, 1.82) is 0 Å². The molecular formula is C9H10N4O. The minimum absolute atomic E-state index is 0.512. The van der Waals surface area contributed by atoms with Gasteiger partial charge < -0.3 is 10.3 Å². The topological polar surface area (TPSA) is 77.8 Å². The number of nitrogens with zero attached hydrogens (tertiary/aromatic N) is 3. The van der Waals surface area contributed by atoms with Crippen molar-refractivity contribution in [2.24, 2.45) is 5.73 Å². The molecule has 2 heterocycles. The van der Waals surface area contributed by atoms with E-state index < -0.39 is 0 Å². The fourth-order valence-corrected chi connectivity index (χ4v) is 1.10. The Bertz CT molecular complexity index is 398. The molecule has 0 aromatic carbocycles. The average Bonchev–Trinajstić information content (AvgIpc) is 2.68. The molecular weight excluding hydrogens is 180 g/mol. The fraction of sp³-hybridized carbons (Fsp3) is 0.222. The van der Waals surface area contributed by atoms with Crippen LogP contribution in [0.5, 0.6) is 0 Å². The normalized spacial score (nSPS) is 10.4. The molecule has 5 heteroatoms. The maximum Gasteiger partial charge on any atom is 0.228 e. The number of hydrogen-bond acceptors (Lipinski definition) is 5. The number of rotatable bonds is 3. The molecule has 0 aliphatic rings. The summed E-state index contributed by atoms with van der Waals surface area (Å²) >= 11 is 0. The molecule has 2 rings (SSSR count). The van der Waals surface area contributed by atoms with E-state index in [4.69, 9.17) is 10.3 Å². The summed E-state index contributed by atoms with van der Waals surface area (Å²) in [6, 6.07) is 3.66. The molecule has 0 atom stereocenters. The van der Waals surface area contributed by atoms with E-state index in [1.54, 1.807) is 12.4 Å². The molecule has 0 aliphatic carbocycles. The Hall–Kier alpha value is -1.75. The summed E-state index contributed by atoms with van der Waals surface area (Å²) in [5.41, 5.74) is 6.27. The van der Waals surface area contributed by atoms with Crippen LogP contribution >= 0.6 is 0 Å². The Balaban J connectivity index is 2.25. The summed E-state index contributed by atoms with van der Waals surface area (Å²) in [4.78, 5) is 8.09. The maximum absolute atomic E-state index is 5.37. The lowest BCUT2D eigenvalue weighted by Crippen LogP contribution is -2.02. The van der Waals surface area contributed by atoms with Gasteiger partial charge in [0.15, 0.2) is 0 Å². The van der Waals surface area contributed by atoms with Crippen LogP contribution in [0.25, 0.3) is 11.4 Å². The number of aromatic nitrogens is 3. The summed E-state index contributed by atoms with van der Waals surface area (Å²) in [7, 11) is 0. The SMILES string of the molecule is NCCc1nc(-c2ccncc2)no1. The second kappa shape index (κ2) is 3.97. The van der Waals surface area contributed by atoms with Crippen LogP contribution in [-0.2, 0) is 6.42 Å². The molecule has 0 saturated carbocycles. The first kappa shape index (κ1) is 8.83. The molecule has 5 nitrogen and oxygen atoms in total. The van der Waals surface area contributed by atoms with Crippen LogP contribution in [-0.4, -0.2) is 21.7 Å². The highest BCUT2D eigenvalue weighted by atomic mass is 16.5. The maximum atomic E-state index is 5.37. The fourth-order valence-electron chi connectivity index (χ4n) is 1.10. The van der Waals surface area contributed by atoms with Crippen molar-refractivity contribution in [3.8, 4) is 11.4 Å². The average molecular weight is 190 g/mol. The Morgan fingerprint density at radius 3 is 2.79 bits per heavy atom. The van der Waals surface area contributed by atoms with Crippen molar-refractivity contribution in [2.75, 3.05) is 6.54 Å². The molecule has 0 aliphatic heterocycles. The standard InChI is InChI=1S/C9H10N4O/c10-4-1-8-12-9(13-14-8)7-2-5-11-6-3-7/h2-3,5-6H,1,4,10H2. The molecule has 72 valence electrons. The lowest BCUT2D eigenvalue weighted by atomic mass is 10.2. The Morgan fingerprint density at radius 2 is 2.07 bits per heavy atom. The second-order valence-corrected chi connectivity index (χ2v) is 2.79. The van der Waals surface area contributed by atoms with Gasteiger partial charge in [-0.3, -0.25) is 4.98 Å². The smallest absolute Gasteiger partial charge is 0.228 e. The lowest BCUT2D eigenvalue weighted by molar-refractivity contribution is 0.380. The van der Waals surface area contributed by atoms with Gasteiger partial charge in [-0.05, 0) is 12.1 Å². The first-order chi connectivity index (χ1) is 6.90. The number of pyridine rings is 1. The Morgan fingerprint density at radius 1 is 1.29 bits per heavy atom. The van der Waals surface area contributed by atoms with Crippen molar-refractivity contribution < 1.29 is 4.52 Å². The van der Waals surface area contributed by atoms with E-state index in [1.807, 2.05) is 12.1 Å². The van der Waals surface area contributed by atoms with Crippen molar-refractivity contribution in [1.82, 2.24) is 15.1 Å². The molecule has 14 heavy (non-hydrogen) atoms. The first-order valence-electron chi connectivity index (χ1n) is 4.33. The second-order valence-electron chi connectivity index (χ2n) is 2.79. The van der Waals surface area contributed by atoms with Gasteiger partial charge in [0.25, 0.3) is 0 Å². The first-order valence-corrected chi connectivity index (χ1v) is 4.33. The predicted octanol–water partition coefficient (Wildman–Crippen LogP) is 0.633. The summed E-state index contributed by atoms with van der Waals surface area (Å²) < 4.78 is 5.00. The zero-order valence-corrected chi connectivity index (χ0v) is 7.55. The van der Waals surface area contributed by atoms with Crippen LogP contribution in [0.3, 0.4) is 0 Å². The highest BCUT2D eigenvalue weighted by Crippen LogP contribution is 2.13. The van der Waals surface area contributed by atoms with E-state index in [2.05, 4.69) is 15.1 Å². The third-order valence-electron chi connectivity index (χ3n) is 1.76. The molecule has 0 fully saturated rings. The zero-order chi connectivity index (χ0) is 9.80. The number of hydrogen-bond donors (Lipinski definition) is 1. The Labute approximate surface area is 81.0 Å². The van der Waals surface area contributed by atoms with Gasteiger partial charge in [-0.15, -0.1) is 0 Å². The minimum Gasteiger partial charge on any atom is -0.339 e. The van der Waals surface area contributed by atoms with E-state index >= 15 is 0 Å². The molecule has 2 N–H and O–H groups in total. The van der Waals surface area contributed by atoms with E-state index in [0.29, 0.717) is 24.7 Å². The third-order valence-corrected chi connectivity index (χ3v) is 1.76. The van der Waals surface area contributed by atoms with Gasteiger partial charge in [0.05, 0.1) is 0 Å². The van der Waals surface area contributed by atoms with Crippen LogP contribution in [0, 0.1) is 0 Å². The van der Waals surface area contributed by atoms with Crippen molar-refractivity contribution in [3.05, 3.63) is 30.4 Å². The zero-order valence-electron chi connectivity index (χ0n) is 7.55. The highest BCUT2D eigenvalue weighted by molar-refractivity contribution is 5.52. The van der Waals surface area contributed by atoms with E-state index in [9.17, 15) is 0 Å². The summed E-state index contributed by atoms with van der Waals surface area (Å²) in [5, 5.41) is 3.84. The minimum atomic E-state index is 0.512. The monoisotopic (exact) mass is 190 g/mol. The Kier molecular flexibility index (Phi) is 2.51. The molecule has 2 aromatic rings. The van der Waals surface area contributed by atoms with Gasteiger partial charge in [0.2, 0.25) is 11.7 Å². The van der Waals surface area contributed by atoms with Gasteiger partial charge in [0.1, 0.15) is 0 Å². The molecule has 0 saturated heterocycles. The van der Waals surface area contributed by atoms with Crippen molar-refractivity contribution in [3.63, 3.8) is 0 Å². The van der Waals surface area contributed by atoms with Crippen molar-refractivity contribution >= 4 is 0 Å². The largest absolute Gasteiger partial charge is 0.339 e. The molecule has 0 amide bonds. The van der Waals surface area contributed by atoms with E-state index in [-0.39, 0.29) is 0 Å². The van der Waals surface area contributed by atoms with Gasteiger partial charge in [-0.2, -0.15) is 4.98 Å². The quantitative estimate of drug-likeness (QED) is 0.768. The molecule has 0 bridgehead atoms. The summed E-state index contributed by atoms with van der Waals surface area (Å²) in [6.45, 7) is 0.512. The van der Waals surface area contributed by atoms with Crippen LogP contribution < -0.4 is 5.73 Å². The predicted molar refractivity (Wildman–Crippen MR) is 50.3 cm³/mol. The number of nitrogens with two attached hydrogens (primary N) is 1. The van der Waals surface area contributed by atoms with Gasteiger partial charge >= 0.3 is 0 Å². The molecule has 0 unspecified atom stereocenters. The summed E-state index contributed by atoms with van der Waals surface area (Å²) in [6.07, 6.45) is 3.99. The molecule has 2 aromatic heterocycles. The van der Waals surface area contributed by atoms with Gasteiger partial charge in [-0.25, -0.2) is 0 Å². The highest BCUT2D eigenvalue weighted by Gasteiger charge is 2.06. The summed E-state index contributed by atoms with van der Waals surface area (Å²) in [5.74, 6) is 1.15. The third kappa shape index (κ3) is 1.77. The van der Waals surface area contributed by atoms with E-state index in [1.165, 1.54) is 0 Å². The van der Waals surface area contributed by atoms with Gasteiger partial charge in [0, 0.05) is 30.9 Å². The molecule has 0 radical (unpaired) electrons. The van der Waals surface area contributed by atoms with Crippen molar-refractivity contribution in [2.45, 2.75) is 6.42 Å².